The molecule has 7 heteroatoms. The van der Waals surface area contributed by atoms with Gasteiger partial charge in [-0.05, 0) is 63.5 Å². The lowest BCUT2D eigenvalue weighted by Crippen LogP contribution is -2.41. The monoisotopic (exact) mass is 412 g/mol. The fraction of sp³-hybridized carbons (Fsp3) is 0.250. The molecule has 1 aliphatic heterocycles. The van der Waals surface area contributed by atoms with E-state index in [1.807, 2.05) is 36.4 Å². The summed E-state index contributed by atoms with van der Waals surface area (Å²) < 4.78 is 24.6. The van der Waals surface area contributed by atoms with Crippen molar-refractivity contribution in [2.75, 3.05) is 0 Å². The molecule has 0 bridgehead atoms. The van der Waals surface area contributed by atoms with Crippen LogP contribution in [0.2, 0.25) is 0 Å². The summed E-state index contributed by atoms with van der Waals surface area (Å²) in [7, 11) is -0.423. The van der Waals surface area contributed by atoms with Gasteiger partial charge in [0.1, 0.15) is 5.58 Å². The normalized spacial score (nSPS) is 17.9. The summed E-state index contributed by atoms with van der Waals surface area (Å²) in [6.07, 6.45) is 3.44. The van der Waals surface area contributed by atoms with Crippen LogP contribution in [-0.2, 0) is 9.31 Å². The third-order valence-corrected chi connectivity index (χ3v) is 6.47. The zero-order chi connectivity index (χ0) is 21.4. The molecule has 0 saturated carbocycles. The van der Waals surface area contributed by atoms with Gasteiger partial charge in [0.2, 0.25) is 5.89 Å². The topological polar surface area (TPSA) is 70.5 Å². The second-order valence-electron chi connectivity index (χ2n) is 8.99. The molecule has 2 aromatic carbocycles. The van der Waals surface area contributed by atoms with E-state index in [9.17, 15) is 0 Å². The molecule has 5 aromatic rings. The number of pyridine rings is 1. The first-order valence-electron chi connectivity index (χ1n) is 10.3. The van der Waals surface area contributed by atoms with Crippen molar-refractivity contribution in [2.45, 2.75) is 38.9 Å². The molecule has 3 aromatic heterocycles. The Labute approximate surface area is 179 Å². The zero-order valence-corrected chi connectivity index (χ0v) is 17.8. The van der Waals surface area contributed by atoms with E-state index in [1.54, 1.807) is 12.4 Å². The Hall–Kier alpha value is -3.16. The second kappa shape index (κ2) is 6.18. The molecule has 0 radical (unpaired) electrons. The third-order valence-electron chi connectivity index (χ3n) is 6.47. The number of furan rings is 1. The summed E-state index contributed by atoms with van der Waals surface area (Å²) in [6, 6.07) is 13.7. The molecule has 154 valence electrons. The summed E-state index contributed by atoms with van der Waals surface area (Å²) in [5.41, 5.74) is 3.95. The van der Waals surface area contributed by atoms with E-state index in [4.69, 9.17) is 23.1 Å². The molecule has 6 rings (SSSR count). The van der Waals surface area contributed by atoms with E-state index in [1.165, 1.54) is 0 Å². The fourth-order valence-corrected chi connectivity index (χ4v) is 3.99. The van der Waals surface area contributed by atoms with Crippen LogP contribution in [0.1, 0.15) is 27.7 Å². The van der Waals surface area contributed by atoms with Crippen molar-refractivity contribution in [3.63, 3.8) is 0 Å². The minimum atomic E-state index is -0.423. The van der Waals surface area contributed by atoms with Crippen LogP contribution < -0.4 is 5.46 Å². The van der Waals surface area contributed by atoms with Crippen molar-refractivity contribution in [2.24, 2.45) is 0 Å². The third kappa shape index (κ3) is 2.73. The number of benzene rings is 2. The van der Waals surface area contributed by atoms with Crippen LogP contribution in [0.3, 0.4) is 0 Å². The lowest BCUT2D eigenvalue weighted by molar-refractivity contribution is 0.00578. The van der Waals surface area contributed by atoms with Gasteiger partial charge < -0.3 is 18.1 Å². The fourth-order valence-electron chi connectivity index (χ4n) is 3.99. The van der Waals surface area contributed by atoms with Gasteiger partial charge in [-0.2, -0.15) is 0 Å². The maximum Gasteiger partial charge on any atom is 0.494 e. The molecule has 4 heterocycles. The first-order chi connectivity index (χ1) is 14.8. The Morgan fingerprint density at radius 1 is 0.774 bits per heavy atom. The highest BCUT2D eigenvalue weighted by Gasteiger charge is 2.51. The Bertz CT molecular complexity index is 1440. The molecule has 1 saturated heterocycles. The van der Waals surface area contributed by atoms with Gasteiger partial charge in [-0.1, -0.05) is 12.1 Å². The molecule has 0 amide bonds. The lowest BCUT2D eigenvalue weighted by Gasteiger charge is -2.32. The minimum Gasteiger partial charge on any atom is -0.454 e. The van der Waals surface area contributed by atoms with Gasteiger partial charge in [0.25, 0.3) is 0 Å². The van der Waals surface area contributed by atoms with E-state index in [0.29, 0.717) is 22.6 Å². The minimum absolute atomic E-state index is 0.388. The van der Waals surface area contributed by atoms with Gasteiger partial charge in [0.05, 0.1) is 11.2 Å². The predicted octanol–water partition coefficient (Wildman–Crippen LogP) is 5.09. The van der Waals surface area contributed by atoms with E-state index >= 15 is 0 Å². The molecular formula is C24H21BN2O4. The molecule has 31 heavy (non-hydrogen) atoms. The van der Waals surface area contributed by atoms with Crippen molar-refractivity contribution in [1.82, 2.24) is 9.97 Å². The molecule has 0 spiro atoms. The SMILES string of the molecule is CC1(C)OB(c2ccc3oc4c(ccc5oc(-c6ccncc6)nc54)c3c2)OC1(C)C. The summed E-state index contributed by atoms with van der Waals surface area (Å²) in [4.78, 5) is 8.76. The van der Waals surface area contributed by atoms with Crippen LogP contribution in [0.15, 0.2) is 63.7 Å². The summed E-state index contributed by atoms with van der Waals surface area (Å²) in [6.45, 7) is 8.22. The Balaban J connectivity index is 1.49. The highest BCUT2D eigenvalue weighted by atomic mass is 16.7. The Kier molecular flexibility index (Phi) is 3.71. The van der Waals surface area contributed by atoms with Gasteiger partial charge in [0.15, 0.2) is 16.7 Å². The smallest absolute Gasteiger partial charge is 0.454 e. The van der Waals surface area contributed by atoms with E-state index < -0.39 is 7.12 Å². The second-order valence-corrected chi connectivity index (χ2v) is 8.99. The van der Waals surface area contributed by atoms with Crippen LogP contribution in [0.4, 0.5) is 0 Å². The van der Waals surface area contributed by atoms with Gasteiger partial charge >= 0.3 is 7.12 Å². The van der Waals surface area contributed by atoms with Crippen molar-refractivity contribution < 1.29 is 18.1 Å². The van der Waals surface area contributed by atoms with Crippen molar-refractivity contribution in [3.05, 3.63) is 54.9 Å². The summed E-state index contributed by atoms with van der Waals surface area (Å²) in [5.74, 6) is 0.545. The van der Waals surface area contributed by atoms with Crippen molar-refractivity contribution >= 4 is 45.6 Å². The molecule has 1 aliphatic rings. The summed E-state index contributed by atoms with van der Waals surface area (Å²) in [5, 5.41) is 1.98. The Morgan fingerprint density at radius 3 is 2.23 bits per heavy atom. The van der Waals surface area contributed by atoms with Crippen molar-refractivity contribution in [1.29, 1.82) is 0 Å². The molecule has 6 nitrogen and oxygen atoms in total. The van der Waals surface area contributed by atoms with Crippen LogP contribution in [0.25, 0.3) is 44.5 Å². The standard InChI is InChI=1S/C24H21BN2O4/c1-23(2)24(3,4)31-25(30-23)15-5-7-18-17(13-15)16-6-8-19-20(21(16)28-18)27-22(29-19)14-9-11-26-12-10-14/h5-13H,1-4H3. The largest absolute Gasteiger partial charge is 0.494 e. The first-order valence-corrected chi connectivity index (χ1v) is 10.3. The van der Waals surface area contributed by atoms with Gasteiger partial charge in [-0.15, -0.1) is 0 Å². The average Bonchev–Trinajstić information content (AvgIpc) is 3.39. The van der Waals surface area contributed by atoms with E-state index in [2.05, 4.69) is 38.7 Å². The maximum absolute atomic E-state index is 6.22. The number of hydrogen-bond acceptors (Lipinski definition) is 6. The van der Waals surface area contributed by atoms with Gasteiger partial charge in [-0.3, -0.25) is 4.98 Å². The van der Waals surface area contributed by atoms with Crippen molar-refractivity contribution in [3.8, 4) is 11.5 Å². The highest BCUT2D eigenvalue weighted by molar-refractivity contribution is 6.62. The number of hydrogen-bond donors (Lipinski definition) is 0. The number of fused-ring (bicyclic) bond motifs is 5. The molecule has 0 N–H and O–H groups in total. The van der Waals surface area contributed by atoms with Crippen LogP contribution >= 0.6 is 0 Å². The summed E-state index contributed by atoms with van der Waals surface area (Å²) >= 11 is 0. The van der Waals surface area contributed by atoms with Gasteiger partial charge in [0, 0.05) is 28.7 Å². The van der Waals surface area contributed by atoms with Crippen LogP contribution in [0.5, 0.6) is 0 Å². The number of oxazole rings is 1. The maximum atomic E-state index is 6.22. The molecule has 0 unspecified atom stereocenters. The van der Waals surface area contributed by atoms with Gasteiger partial charge in [-0.25, -0.2) is 4.98 Å². The molecule has 0 atom stereocenters. The first kappa shape index (κ1) is 18.6. The quantitative estimate of drug-likeness (QED) is 0.376. The highest BCUT2D eigenvalue weighted by Crippen LogP contribution is 2.38. The number of nitrogens with zero attached hydrogens (tertiary/aromatic N) is 2. The lowest BCUT2D eigenvalue weighted by atomic mass is 9.78. The number of aromatic nitrogens is 2. The van der Waals surface area contributed by atoms with Crippen LogP contribution in [-0.4, -0.2) is 28.3 Å². The van der Waals surface area contributed by atoms with E-state index in [-0.39, 0.29) is 11.2 Å². The predicted molar refractivity (Wildman–Crippen MR) is 120 cm³/mol. The van der Waals surface area contributed by atoms with Crippen LogP contribution in [0, 0.1) is 0 Å². The number of rotatable bonds is 2. The average molecular weight is 412 g/mol. The molecule has 1 fully saturated rings. The Morgan fingerprint density at radius 2 is 1.48 bits per heavy atom. The molecular weight excluding hydrogens is 391 g/mol. The van der Waals surface area contributed by atoms with E-state index in [0.717, 1.165) is 27.4 Å². The molecule has 0 aliphatic carbocycles. The zero-order valence-electron chi connectivity index (χ0n) is 17.8.